The summed E-state index contributed by atoms with van der Waals surface area (Å²) in [5.41, 5.74) is 11.5. The summed E-state index contributed by atoms with van der Waals surface area (Å²) in [6.07, 6.45) is 3.99. The van der Waals surface area contributed by atoms with Crippen LogP contribution in [0.1, 0.15) is 24.5 Å². The van der Waals surface area contributed by atoms with Gasteiger partial charge in [0.1, 0.15) is 0 Å². The molecule has 0 amide bonds. The fourth-order valence-corrected chi connectivity index (χ4v) is 6.46. The highest BCUT2D eigenvalue weighted by atomic mass is 15.3. The molecule has 0 radical (unpaired) electrons. The molecule has 0 N–H and O–H groups in total. The normalized spacial score (nSPS) is 11.6. The number of benzene rings is 5. The van der Waals surface area contributed by atoms with Gasteiger partial charge in [0.05, 0.1) is 28.6 Å². The SMILES string of the molecule is CCCc1ccccc1-c1cc2c(cc1C)c1ccccc1n2-c1nc2nc(-c3ccccc3)cnc2n1-c1ccccc1. The summed E-state index contributed by atoms with van der Waals surface area (Å²) in [4.78, 5) is 15.2. The van der Waals surface area contributed by atoms with Gasteiger partial charge in [-0.15, -0.1) is 0 Å². The Labute approximate surface area is 256 Å². The monoisotopic (exact) mass is 569 g/mol. The van der Waals surface area contributed by atoms with Crippen molar-refractivity contribution >= 4 is 33.1 Å². The first-order valence-corrected chi connectivity index (χ1v) is 15.2. The molecule has 3 heterocycles. The van der Waals surface area contributed by atoms with Crippen molar-refractivity contribution in [2.45, 2.75) is 26.7 Å². The second-order valence-corrected chi connectivity index (χ2v) is 11.3. The molecule has 0 saturated heterocycles. The molecule has 0 saturated carbocycles. The van der Waals surface area contributed by atoms with Crippen LogP contribution in [0.4, 0.5) is 0 Å². The van der Waals surface area contributed by atoms with Crippen molar-refractivity contribution < 1.29 is 0 Å². The summed E-state index contributed by atoms with van der Waals surface area (Å²) in [6.45, 7) is 4.46. The average Bonchev–Trinajstić information content (AvgIpc) is 3.60. The molecular formula is C39H31N5. The van der Waals surface area contributed by atoms with Crippen molar-refractivity contribution in [3.8, 4) is 34.0 Å². The smallest absolute Gasteiger partial charge is 0.223 e. The van der Waals surface area contributed by atoms with Crippen LogP contribution in [0, 0.1) is 6.92 Å². The molecule has 5 heteroatoms. The number of nitrogens with zero attached hydrogens (tertiary/aromatic N) is 5. The third-order valence-electron chi connectivity index (χ3n) is 8.48. The van der Waals surface area contributed by atoms with Crippen molar-refractivity contribution in [2.75, 3.05) is 0 Å². The van der Waals surface area contributed by atoms with E-state index >= 15 is 0 Å². The number of rotatable bonds is 6. The number of aromatic nitrogens is 5. The molecule has 8 rings (SSSR count). The summed E-state index contributed by atoms with van der Waals surface area (Å²) in [7, 11) is 0. The Bertz CT molecular complexity index is 2300. The lowest BCUT2D eigenvalue weighted by molar-refractivity contribution is 0.923. The van der Waals surface area contributed by atoms with Gasteiger partial charge in [-0.1, -0.05) is 104 Å². The van der Waals surface area contributed by atoms with Crippen LogP contribution in [0.3, 0.4) is 0 Å². The first-order chi connectivity index (χ1) is 21.7. The van der Waals surface area contributed by atoms with Crippen LogP contribution < -0.4 is 0 Å². The Morgan fingerprint density at radius 1 is 0.636 bits per heavy atom. The summed E-state index contributed by atoms with van der Waals surface area (Å²) in [6, 6.07) is 42.6. The van der Waals surface area contributed by atoms with Crippen molar-refractivity contribution in [2.24, 2.45) is 0 Å². The topological polar surface area (TPSA) is 48.5 Å². The maximum Gasteiger partial charge on any atom is 0.223 e. The van der Waals surface area contributed by atoms with Crippen LogP contribution >= 0.6 is 0 Å². The molecule has 3 aromatic heterocycles. The van der Waals surface area contributed by atoms with Crippen molar-refractivity contribution in [1.82, 2.24) is 24.1 Å². The molecule has 0 atom stereocenters. The van der Waals surface area contributed by atoms with Crippen LogP contribution in [0.2, 0.25) is 0 Å². The predicted octanol–water partition coefficient (Wildman–Crippen LogP) is 9.51. The molecule has 44 heavy (non-hydrogen) atoms. The maximum atomic E-state index is 5.24. The van der Waals surface area contributed by atoms with E-state index in [1.807, 2.05) is 30.5 Å². The summed E-state index contributed by atoms with van der Waals surface area (Å²) in [5, 5.41) is 2.39. The minimum atomic E-state index is 0.608. The minimum absolute atomic E-state index is 0.608. The van der Waals surface area contributed by atoms with E-state index in [4.69, 9.17) is 15.0 Å². The van der Waals surface area contributed by atoms with Crippen LogP contribution in [0.15, 0.2) is 128 Å². The predicted molar refractivity (Wildman–Crippen MR) is 181 cm³/mol. The van der Waals surface area contributed by atoms with Crippen LogP contribution in [0.5, 0.6) is 0 Å². The van der Waals surface area contributed by atoms with E-state index in [-0.39, 0.29) is 0 Å². The van der Waals surface area contributed by atoms with Gasteiger partial charge in [0.25, 0.3) is 0 Å². The first kappa shape index (κ1) is 26.1. The highest BCUT2D eigenvalue weighted by Crippen LogP contribution is 2.38. The van der Waals surface area contributed by atoms with Crippen LogP contribution in [-0.2, 0) is 6.42 Å². The number of imidazole rings is 1. The van der Waals surface area contributed by atoms with Gasteiger partial charge in [-0.3, -0.25) is 9.13 Å². The second-order valence-electron chi connectivity index (χ2n) is 11.3. The highest BCUT2D eigenvalue weighted by molar-refractivity contribution is 6.10. The maximum absolute atomic E-state index is 5.24. The Morgan fingerprint density at radius 2 is 1.36 bits per heavy atom. The molecule has 0 aliphatic rings. The molecule has 8 aromatic rings. The molecule has 212 valence electrons. The Morgan fingerprint density at radius 3 is 2.18 bits per heavy atom. The first-order valence-electron chi connectivity index (χ1n) is 15.2. The molecule has 0 bridgehead atoms. The highest BCUT2D eigenvalue weighted by Gasteiger charge is 2.23. The van der Waals surface area contributed by atoms with Crippen LogP contribution in [0.25, 0.3) is 67.1 Å². The molecule has 0 aliphatic carbocycles. The lowest BCUT2D eigenvalue weighted by atomic mass is 9.93. The van der Waals surface area contributed by atoms with Crippen LogP contribution in [-0.4, -0.2) is 24.1 Å². The van der Waals surface area contributed by atoms with E-state index in [0.29, 0.717) is 5.65 Å². The van der Waals surface area contributed by atoms with Gasteiger partial charge in [-0.25, -0.2) is 9.97 Å². The fourth-order valence-electron chi connectivity index (χ4n) is 6.46. The molecule has 0 unspecified atom stereocenters. The average molecular weight is 570 g/mol. The fraction of sp³-hybridized carbons (Fsp3) is 0.103. The van der Waals surface area contributed by atoms with Gasteiger partial charge in [-0.05, 0) is 65.9 Å². The minimum Gasteiger partial charge on any atom is -0.279 e. The van der Waals surface area contributed by atoms with E-state index in [9.17, 15) is 0 Å². The Kier molecular flexibility index (Phi) is 6.30. The third kappa shape index (κ3) is 4.20. The molecule has 5 aromatic carbocycles. The second kappa shape index (κ2) is 10.6. The molecule has 5 nitrogen and oxygen atoms in total. The van der Waals surface area contributed by atoms with E-state index in [2.05, 4.69) is 120 Å². The summed E-state index contributed by atoms with van der Waals surface area (Å²) < 4.78 is 4.42. The van der Waals surface area contributed by atoms with E-state index < -0.39 is 0 Å². The van der Waals surface area contributed by atoms with Crippen molar-refractivity contribution in [3.05, 3.63) is 139 Å². The quantitative estimate of drug-likeness (QED) is 0.200. The van der Waals surface area contributed by atoms with Gasteiger partial charge in [0, 0.05) is 16.3 Å². The van der Waals surface area contributed by atoms with E-state index in [1.54, 1.807) is 0 Å². The summed E-state index contributed by atoms with van der Waals surface area (Å²) >= 11 is 0. The number of hydrogen-bond donors (Lipinski definition) is 0. The van der Waals surface area contributed by atoms with Gasteiger partial charge in [0.2, 0.25) is 5.95 Å². The van der Waals surface area contributed by atoms with Gasteiger partial charge in [0.15, 0.2) is 11.3 Å². The molecule has 0 spiro atoms. The standard InChI is InChI=1S/C39H31N5/c1-3-14-27-15-10-11-20-30(27)32-24-36-33(23-26(32)2)31-21-12-13-22-35(31)44(36)39-42-37-38(43(39)29-18-8-5-9-19-29)40-25-34(41-37)28-16-6-4-7-17-28/h4-13,15-25H,3,14H2,1-2H3. The zero-order valence-corrected chi connectivity index (χ0v) is 24.8. The van der Waals surface area contributed by atoms with E-state index in [0.717, 1.165) is 52.4 Å². The van der Waals surface area contributed by atoms with E-state index in [1.165, 1.54) is 33.0 Å². The van der Waals surface area contributed by atoms with Gasteiger partial charge < -0.3 is 0 Å². The van der Waals surface area contributed by atoms with Crippen molar-refractivity contribution in [3.63, 3.8) is 0 Å². The molecule has 0 fully saturated rings. The van der Waals surface area contributed by atoms with Crippen molar-refractivity contribution in [1.29, 1.82) is 0 Å². The summed E-state index contributed by atoms with van der Waals surface area (Å²) in [5.74, 6) is 0.763. The number of aryl methyl sites for hydroxylation is 2. The lowest BCUT2D eigenvalue weighted by Crippen LogP contribution is -2.06. The zero-order valence-electron chi connectivity index (χ0n) is 24.8. The van der Waals surface area contributed by atoms with Gasteiger partial charge >= 0.3 is 0 Å². The molecular weight excluding hydrogens is 538 g/mol. The van der Waals surface area contributed by atoms with Gasteiger partial charge in [-0.2, -0.15) is 4.98 Å². The lowest BCUT2D eigenvalue weighted by Gasteiger charge is -2.14. The molecule has 0 aliphatic heterocycles. The Balaban J connectivity index is 1.46. The number of para-hydroxylation sites is 2. The number of hydrogen-bond acceptors (Lipinski definition) is 3. The zero-order chi connectivity index (χ0) is 29.6. The third-order valence-corrected chi connectivity index (χ3v) is 8.48. The Hall–Kier alpha value is -5.55. The number of fused-ring (bicyclic) bond motifs is 4. The largest absolute Gasteiger partial charge is 0.279 e.